The van der Waals surface area contributed by atoms with Crippen LogP contribution in [0.1, 0.15) is 22.0 Å². The van der Waals surface area contributed by atoms with Gasteiger partial charge < -0.3 is 5.73 Å². The van der Waals surface area contributed by atoms with Crippen molar-refractivity contribution in [1.82, 2.24) is 0 Å². The number of hydrogen-bond acceptors (Lipinski definition) is 2. The Bertz CT molecular complexity index is 494. The van der Waals surface area contributed by atoms with Crippen LogP contribution in [-0.2, 0) is 0 Å². The maximum atomic E-state index is 13.8. The van der Waals surface area contributed by atoms with Crippen molar-refractivity contribution in [2.24, 2.45) is 5.73 Å². The largest absolute Gasteiger partial charge is 0.319 e. The molecule has 2 rings (SSSR count). The number of nitrogens with two attached hydrogens (primary N) is 1. The van der Waals surface area contributed by atoms with Gasteiger partial charge in [-0.2, -0.15) is 0 Å². The molecular weight excluding hydrogens is 228 g/mol. The van der Waals surface area contributed by atoms with Crippen LogP contribution < -0.4 is 5.73 Å². The highest BCUT2D eigenvalue weighted by Crippen LogP contribution is 2.28. The van der Waals surface area contributed by atoms with E-state index < -0.39 is 17.7 Å². The second-order valence-electron chi connectivity index (χ2n) is 3.59. The highest BCUT2D eigenvalue weighted by atomic mass is 32.1. The zero-order chi connectivity index (χ0) is 11.7. The molecule has 0 aliphatic rings. The van der Waals surface area contributed by atoms with Crippen molar-refractivity contribution in [1.29, 1.82) is 0 Å². The quantitative estimate of drug-likeness (QED) is 0.854. The first-order chi connectivity index (χ1) is 7.61. The summed E-state index contributed by atoms with van der Waals surface area (Å²) in [5.74, 6) is -1.15. The topological polar surface area (TPSA) is 26.0 Å². The van der Waals surface area contributed by atoms with Crippen molar-refractivity contribution >= 4 is 11.3 Å². The number of rotatable bonds is 2. The molecule has 1 aromatic heterocycles. The summed E-state index contributed by atoms with van der Waals surface area (Å²) in [7, 11) is 0. The second kappa shape index (κ2) is 4.31. The summed E-state index contributed by atoms with van der Waals surface area (Å²) in [6, 6.07) is 5.51. The monoisotopic (exact) mass is 239 g/mol. The van der Waals surface area contributed by atoms with Gasteiger partial charge in [0.2, 0.25) is 0 Å². The smallest absolute Gasteiger partial charge is 0.134 e. The molecule has 2 aromatic rings. The lowest BCUT2D eigenvalue weighted by Crippen LogP contribution is -2.15. The van der Waals surface area contributed by atoms with Crippen LogP contribution in [0.25, 0.3) is 0 Å². The lowest BCUT2D eigenvalue weighted by atomic mass is 10.0. The number of benzene rings is 1. The molecule has 1 nitrogen and oxygen atoms in total. The Morgan fingerprint density at radius 3 is 2.62 bits per heavy atom. The van der Waals surface area contributed by atoms with Gasteiger partial charge in [-0.15, -0.1) is 11.3 Å². The first kappa shape index (κ1) is 11.2. The van der Waals surface area contributed by atoms with Gasteiger partial charge in [-0.05, 0) is 30.0 Å². The minimum Gasteiger partial charge on any atom is -0.319 e. The molecule has 0 fully saturated rings. The molecule has 0 aliphatic heterocycles. The van der Waals surface area contributed by atoms with Gasteiger partial charge in [0.25, 0.3) is 0 Å². The van der Waals surface area contributed by atoms with Gasteiger partial charge in [-0.3, -0.25) is 0 Å². The molecule has 0 aliphatic carbocycles. The Labute approximate surface area is 96.5 Å². The Morgan fingerprint density at radius 2 is 2.00 bits per heavy atom. The average Bonchev–Trinajstić information content (AvgIpc) is 2.77. The fourth-order valence-corrected chi connectivity index (χ4v) is 2.31. The predicted octanol–water partition coefficient (Wildman–Crippen LogP) is 3.38. The van der Waals surface area contributed by atoms with Gasteiger partial charge in [0.1, 0.15) is 11.6 Å². The molecule has 84 valence electrons. The number of hydrogen-bond donors (Lipinski definition) is 1. The zero-order valence-corrected chi connectivity index (χ0v) is 9.52. The average molecular weight is 239 g/mol. The standard InChI is InChI=1S/C12H11F2NS/c1-7-4-5-8(13)10(11(7)14)12(15)9-3-2-6-16-9/h2-6,12H,15H2,1H3/t12-/m1/s1. The lowest BCUT2D eigenvalue weighted by molar-refractivity contribution is 0.539. The van der Waals surface area contributed by atoms with Crippen LogP contribution in [0.15, 0.2) is 29.6 Å². The Balaban J connectivity index is 2.52. The van der Waals surface area contributed by atoms with Crippen LogP contribution in [0.5, 0.6) is 0 Å². The zero-order valence-electron chi connectivity index (χ0n) is 8.71. The van der Waals surface area contributed by atoms with E-state index in [9.17, 15) is 8.78 Å². The molecule has 1 aromatic carbocycles. The molecular formula is C12H11F2NS. The third-order valence-electron chi connectivity index (χ3n) is 2.48. The van der Waals surface area contributed by atoms with Gasteiger partial charge in [-0.25, -0.2) is 8.78 Å². The molecule has 0 unspecified atom stereocenters. The fourth-order valence-electron chi connectivity index (χ4n) is 1.57. The molecule has 0 amide bonds. The number of halogens is 2. The maximum Gasteiger partial charge on any atom is 0.134 e. The minimum atomic E-state index is -0.736. The highest BCUT2D eigenvalue weighted by Gasteiger charge is 2.20. The molecule has 0 saturated heterocycles. The van der Waals surface area contributed by atoms with Crippen molar-refractivity contribution in [2.45, 2.75) is 13.0 Å². The maximum absolute atomic E-state index is 13.8. The summed E-state index contributed by atoms with van der Waals surface area (Å²) in [6.45, 7) is 1.60. The van der Waals surface area contributed by atoms with E-state index in [0.29, 0.717) is 5.56 Å². The first-order valence-electron chi connectivity index (χ1n) is 4.84. The van der Waals surface area contributed by atoms with Gasteiger partial charge in [0, 0.05) is 10.4 Å². The van der Waals surface area contributed by atoms with Crippen LogP contribution >= 0.6 is 11.3 Å². The molecule has 1 atom stereocenters. The van der Waals surface area contributed by atoms with Gasteiger partial charge in [-0.1, -0.05) is 12.1 Å². The normalized spacial score (nSPS) is 12.8. The Hall–Kier alpha value is -1.26. The van der Waals surface area contributed by atoms with E-state index in [1.54, 1.807) is 13.0 Å². The summed E-state index contributed by atoms with van der Waals surface area (Å²) < 4.78 is 27.3. The summed E-state index contributed by atoms with van der Waals surface area (Å²) in [4.78, 5) is 0.753. The fraction of sp³-hybridized carbons (Fsp3) is 0.167. The molecule has 0 radical (unpaired) electrons. The van der Waals surface area contributed by atoms with E-state index in [1.807, 2.05) is 11.4 Å². The van der Waals surface area contributed by atoms with Crippen LogP contribution in [-0.4, -0.2) is 0 Å². The molecule has 2 N–H and O–H groups in total. The molecule has 0 bridgehead atoms. The first-order valence-corrected chi connectivity index (χ1v) is 5.72. The van der Waals surface area contributed by atoms with Gasteiger partial charge >= 0.3 is 0 Å². The Kier molecular flexibility index (Phi) is 3.03. The van der Waals surface area contributed by atoms with Gasteiger partial charge in [0.15, 0.2) is 0 Å². The second-order valence-corrected chi connectivity index (χ2v) is 4.56. The van der Waals surface area contributed by atoms with Crippen molar-refractivity contribution in [3.8, 4) is 0 Å². The van der Waals surface area contributed by atoms with Crippen molar-refractivity contribution in [3.63, 3.8) is 0 Å². The SMILES string of the molecule is Cc1ccc(F)c([C@H](N)c2cccs2)c1F. The van der Waals surface area contributed by atoms with E-state index in [1.165, 1.54) is 23.5 Å². The predicted molar refractivity (Wildman–Crippen MR) is 61.4 cm³/mol. The summed E-state index contributed by atoms with van der Waals surface area (Å²) >= 11 is 1.39. The summed E-state index contributed by atoms with van der Waals surface area (Å²) in [6.07, 6.45) is 0. The highest BCUT2D eigenvalue weighted by molar-refractivity contribution is 7.10. The van der Waals surface area contributed by atoms with E-state index in [2.05, 4.69) is 0 Å². The van der Waals surface area contributed by atoms with Gasteiger partial charge in [0.05, 0.1) is 6.04 Å². The van der Waals surface area contributed by atoms with E-state index >= 15 is 0 Å². The molecule has 4 heteroatoms. The van der Waals surface area contributed by atoms with Crippen molar-refractivity contribution < 1.29 is 8.78 Å². The Morgan fingerprint density at radius 1 is 1.25 bits per heavy atom. The van der Waals surface area contributed by atoms with Crippen LogP contribution in [0.2, 0.25) is 0 Å². The third-order valence-corrected chi connectivity index (χ3v) is 3.44. The molecule has 0 saturated carbocycles. The third kappa shape index (κ3) is 1.86. The van der Waals surface area contributed by atoms with Crippen molar-refractivity contribution in [3.05, 3.63) is 57.3 Å². The van der Waals surface area contributed by atoms with Crippen LogP contribution in [0.4, 0.5) is 8.78 Å². The summed E-state index contributed by atoms with van der Waals surface area (Å²) in [5.41, 5.74) is 6.21. The van der Waals surface area contributed by atoms with Crippen LogP contribution in [0.3, 0.4) is 0 Å². The number of thiophene rings is 1. The minimum absolute atomic E-state index is 0.0533. The number of aryl methyl sites for hydroxylation is 1. The summed E-state index contributed by atoms with van der Waals surface area (Å²) in [5, 5.41) is 1.83. The van der Waals surface area contributed by atoms with Crippen LogP contribution in [0, 0.1) is 18.6 Å². The van der Waals surface area contributed by atoms with E-state index in [4.69, 9.17) is 5.73 Å². The lowest BCUT2D eigenvalue weighted by Gasteiger charge is -2.13. The van der Waals surface area contributed by atoms with E-state index in [-0.39, 0.29) is 5.56 Å². The molecule has 16 heavy (non-hydrogen) atoms. The molecule has 1 heterocycles. The van der Waals surface area contributed by atoms with E-state index in [0.717, 1.165) is 4.88 Å². The molecule has 0 spiro atoms. The van der Waals surface area contributed by atoms with Crippen molar-refractivity contribution in [2.75, 3.05) is 0 Å².